The highest BCUT2D eigenvalue weighted by molar-refractivity contribution is 5.76. The second-order valence-corrected chi connectivity index (χ2v) is 5.13. The van der Waals surface area contributed by atoms with Crippen LogP contribution in [0.25, 0.3) is 0 Å². The highest BCUT2D eigenvalue weighted by Crippen LogP contribution is 2.19. The predicted octanol–water partition coefficient (Wildman–Crippen LogP) is 0.902. The van der Waals surface area contributed by atoms with E-state index >= 15 is 0 Å². The number of carbonyl (C=O) groups excluding carboxylic acids is 2. The zero-order chi connectivity index (χ0) is 13.7. The van der Waals surface area contributed by atoms with Crippen molar-refractivity contribution in [2.24, 2.45) is 0 Å². The highest BCUT2D eigenvalue weighted by atomic mass is 16.5. The van der Waals surface area contributed by atoms with Crippen LogP contribution < -0.4 is 5.32 Å². The zero-order valence-corrected chi connectivity index (χ0v) is 11.4. The lowest BCUT2D eigenvalue weighted by atomic mass is 10.2. The quantitative estimate of drug-likeness (QED) is 0.728. The molecule has 1 unspecified atom stereocenters. The minimum atomic E-state index is -0.295. The third kappa shape index (κ3) is 4.70. The molecule has 2 amide bonds. The fourth-order valence-electron chi connectivity index (χ4n) is 2.13. The van der Waals surface area contributed by atoms with Crippen LogP contribution in [-0.2, 0) is 14.3 Å². The first kappa shape index (κ1) is 14.1. The Hall–Kier alpha value is -1.30. The van der Waals surface area contributed by atoms with E-state index in [1.807, 2.05) is 0 Å². The minimum absolute atomic E-state index is 0.0955. The summed E-state index contributed by atoms with van der Waals surface area (Å²) in [5.74, 6) is -0.295. The Morgan fingerprint density at radius 1 is 1.37 bits per heavy atom. The molecule has 108 valence electrons. The number of rotatable bonds is 6. The smallest absolute Gasteiger partial charge is 0.317 e. The molecule has 6 nitrogen and oxygen atoms in total. The summed E-state index contributed by atoms with van der Waals surface area (Å²) in [6.07, 6.45) is 4.45. The molecule has 1 N–H and O–H groups in total. The molecule has 0 radical (unpaired) electrons. The van der Waals surface area contributed by atoms with Crippen molar-refractivity contribution >= 4 is 12.0 Å². The van der Waals surface area contributed by atoms with Gasteiger partial charge in [-0.3, -0.25) is 4.79 Å². The largest absolute Gasteiger partial charge is 0.469 e. The molecule has 0 spiro atoms. The van der Waals surface area contributed by atoms with Crippen LogP contribution in [0.15, 0.2) is 0 Å². The van der Waals surface area contributed by atoms with Gasteiger partial charge in [0.2, 0.25) is 0 Å². The van der Waals surface area contributed by atoms with Gasteiger partial charge in [-0.25, -0.2) is 4.79 Å². The second kappa shape index (κ2) is 6.75. The van der Waals surface area contributed by atoms with E-state index in [2.05, 4.69) is 10.1 Å². The average molecular weight is 270 g/mol. The first-order chi connectivity index (χ1) is 9.19. The minimum Gasteiger partial charge on any atom is -0.469 e. The molecule has 2 aliphatic rings. The highest BCUT2D eigenvalue weighted by Gasteiger charge is 2.28. The van der Waals surface area contributed by atoms with Crippen molar-refractivity contribution in [2.75, 3.05) is 26.8 Å². The second-order valence-electron chi connectivity index (χ2n) is 5.13. The molecule has 0 bridgehead atoms. The Morgan fingerprint density at radius 2 is 2.16 bits per heavy atom. The number of hydrogen-bond donors (Lipinski definition) is 1. The Kier molecular flexibility index (Phi) is 5.01. The molecule has 1 aliphatic heterocycles. The molecule has 1 saturated heterocycles. The maximum atomic E-state index is 12.1. The maximum Gasteiger partial charge on any atom is 0.317 e. The van der Waals surface area contributed by atoms with Crippen molar-refractivity contribution in [2.45, 2.75) is 44.2 Å². The van der Waals surface area contributed by atoms with Gasteiger partial charge < -0.3 is 19.7 Å². The van der Waals surface area contributed by atoms with Crippen molar-refractivity contribution in [1.82, 2.24) is 10.2 Å². The molecule has 2 fully saturated rings. The molecular formula is C13H22N2O4. The first-order valence-electron chi connectivity index (χ1n) is 6.93. The normalized spacial score (nSPS) is 22.1. The van der Waals surface area contributed by atoms with Crippen molar-refractivity contribution in [3.8, 4) is 0 Å². The van der Waals surface area contributed by atoms with E-state index in [9.17, 15) is 9.59 Å². The molecule has 0 aromatic carbocycles. The van der Waals surface area contributed by atoms with E-state index in [1.165, 1.54) is 7.11 Å². The number of urea groups is 1. The van der Waals surface area contributed by atoms with Crippen LogP contribution in [-0.4, -0.2) is 55.9 Å². The van der Waals surface area contributed by atoms with Gasteiger partial charge >= 0.3 is 12.0 Å². The van der Waals surface area contributed by atoms with Gasteiger partial charge in [-0.05, 0) is 25.7 Å². The van der Waals surface area contributed by atoms with E-state index in [-0.39, 0.29) is 24.5 Å². The molecule has 19 heavy (non-hydrogen) atoms. The van der Waals surface area contributed by atoms with Gasteiger partial charge in [0, 0.05) is 25.7 Å². The molecule has 1 atom stereocenters. The lowest BCUT2D eigenvalue weighted by molar-refractivity contribution is -0.140. The van der Waals surface area contributed by atoms with E-state index in [0.717, 1.165) is 32.3 Å². The number of esters is 1. The number of carbonyl (C=O) groups is 2. The Balaban J connectivity index is 1.82. The van der Waals surface area contributed by atoms with Crippen LogP contribution in [0.3, 0.4) is 0 Å². The van der Waals surface area contributed by atoms with Crippen LogP contribution in [0, 0.1) is 0 Å². The van der Waals surface area contributed by atoms with Crippen LogP contribution in [0.4, 0.5) is 4.79 Å². The summed E-state index contributed by atoms with van der Waals surface area (Å²) >= 11 is 0. The van der Waals surface area contributed by atoms with E-state index in [1.54, 1.807) is 4.90 Å². The topological polar surface area (TPSA) is 67.9 Å². The first-order valence-corrected chi connectivity index (χ1v) is 6.93. The van der Waals surface area contributed by atoms with Gasteiger partial charge in [-0.1, -0.05) is 0 Å². The van der Waals surface area contributed by atoms with Gasteiger partial charge in [0.15, 0.2) is 0 Å². The zero-order valence-electron chi connectivity index (χ0n) is 11.4. The standard InChI is InChI=1S/C13H22N2O4/c1-18-12(16)6-7-15(9-11-3-2-8-19-11)13(17)14-10-4-5-10/h10-11H,2-9H2,1H3,(H,14,17). The van der Waals surface area contributed by atoms with Crippen molar-refractivity contribution < 1.29 is 19.1 Å². The number of ether oxygens (including phenoxy) is 2. The van der Waals surface area contributed by atoms with Crippen LogP contribution >= 0.6 is 0 Å². The fourth-order valence-corrected chi connectivity index (χ4v) is 2.13. The van der Waals surface area contributed by atoms with Gasteiger partial charge in [0.1, 0.15) is 0 Å². The van der Waals surface area contributed by atoms with Crippen LogP contribution in [0.1, 0.15) is 32.1 Å². The Morgan fingerprint density at radius 3 is 2.74 bits per heavy atom. The molecular weight excluding hydrogens is 248 g/mol. The monoisotopic (exact) mass is 270 g/mol. The number of hydrogen-bond acceptors (Lipinski definition) is 4. The summed E-state index contributed by atoms with van der Waals surface area (Å²) in [7, 11) is 1.36. The summed E-state index contributed by atoms with van der Waals surface area (Å²) in [5.41, 5.74) is 0. The number of amides is 2. The van der Waals surface area contributed by atoms with Gasteiger partial charge in [-0.2, -0.15) is 0 Å². The van der Waals surface area contributed by atoms with E-state index in [0.29, 0.717) is 19.1 Å². The molecule has 0 aromatic heterocycles. The number of methoxy groups -OCH3 is 1. The molecule has 0 aromatic rings. The fraction of sp³-hybridized carbons (Fsp3) is 0.846. The lowest BCUT2D eigenvalue weighted by Gasteiger charge is -2.25. The van der Waals surface area contributed by atoms with Gasteiger partial charge in [0.25, 0.3) is 0 Å². The van der Waals surface area contributed by atoms with Crippen LogP contribution in [0.2, 0.25) is 0 Å². The molecule has 1 aliphatic carbocycles. The summed E-state index contributed by atoms with van der Waals surface area (Å²) in [4.78, 5) is 25.0. The number of nitrogens with one attached hydrogen (secondary N) is 1. The molecule has 1 saturated carbocycles. The average Bonchev–Trinajstić information content (AvgIpc) is 3.06. The van der Waals surface area contributed by atoms with Gasteiger partial charge in [0.05, 0.1) is 19.6 Å². The van der Waals surface area contributed by atoms with E-state index < -0.39 is 0 Å². The lowest BCUT2D eigenvalue weighted by Crippen LogP contribution is -2.45. The molecule has 6 heteroatoms. The van der Waals surface area contributed by atoms with E-state index in [4.69, 9.17) is 4.74 Å². The third-order valence-corrected chi connectivity index (χ3v) is 3.45. The maximum absolute atomic E-state index is 12.1. The SMILES string of the molecule is COC(=O)CCN(CC1CCCO1)C(=O)NC1CC1. The van der Waals surface area contributed by atoms with Crippen molar-refractivity contribution in [3.63, 3.8) is 0 Å². The summed E-state index contributed by atoms with van der Waals surface area (Å²) in [6, 6.07) is 0.222. The Labute approximate surface area is 113 Å². The number of nitrogens with zero attached hydrogens (tertiary/aromatic N) is 1. The van der Waals surface area contributed by atoms with Crippen molar-refractivity contribution in [3.05, 3.63) is 0 Å². The van der Waals surface area contributed by atoms with Gasteiger partial charge in [-0.15, -0.1) is 0 Å². The van der Waals surface area contributed by atoms with Crippen molar-refractivity contribution in [1.29, 1.82) is 0 Å². The predicted molar refractivity (Wildman–Crippen MR) is 68.7 cm³/mol. The third-order valence-electron chi connectivity index (χ3n) is 3.45. The summed E-state index contributed by atoms with van der Waals surface area (Å²) in [6.45, 7) is 1.69. The molecule has 2 rings (SSSR count). The summed E-state index contributed by atoms with van der Waals surface area (Å²) in [5, 5.41) is 2.95. The summed E-state index contributed by atoms with van der Waals surface area (Å²) < 4.78 is 10.2. The Bertz CT molecular complexity index is 325. The molecule has 1 heterocycles. The van der Waals surface area contributed by atoms with Crippen LogP contribution in [0.5, 0.6) is 0 Å².